The number of rotatable bonds is 3. The second kappa shape index (κ2) is 8.38. The maximum atomic E-state index is 9.00. The predicted octanol–water partition coefficient (Wildman–Crippen LogP) is 3.03. The van der Waals surface area contributed by atoms with Gasteiger partial charge in [0.2, 0.25) is 0 Å². The molecule has 6 nitrogen and oxygen atoms in total. The molecule has 2 N–H and O–H groups in total. The summed E-state index contributed by atoms with van der Waals surface area (Å²) in [5, 5.41) is 19.6. The Morgan fingerprint density at radius 3 is 2.23 bits per heavy atom. The Morgan fingerprint density at radius 1 is 1.23 bits per heavy atom. The van der Waals surface area contributed by atoms with Crippen LogP contribution in [-0.2, 0) is 15.1 Å². The summed E-state index contributed by atoms with van der Waals surface area (Å²) < 4.78 is 11.2. The molecule has 0 bridgehead atoms. The molecule has 1 fully saturated rings. The summed E-state index contributed by atoms with van der Waals surface area (Å²) in [7, 11) is 3.40. The van der Waals surface area contributed by atoms with Crippen LogP contribution in [0.4, 0.5) is 0 Å². The number of benzene rings is 1. The highest BCUT2D eigenvalue weighted by molar-refractivity contribution is 5.85. The van der Waals surface area contributed by atoms with Gasteiger partial charge in [0, 0.05) is 19.6 Å². The molecule has 1 aromatic rings. The predicted molar refractivity (Wildman–Crippen MR) is 82.7 cm³/mol. The summed E-state index contributed by atoms with van der Waals surface area (Å²) in [5.74, 6) is 0.0173. The Kier molecular flexibility index (Phi) is 6.85. The number of methoxy groups -OCH3 is 2. The van der Waals surface area contributed by atoms with Gasteiger partial charge in [0.25, 0.3) is 5.97 Å². The molecule has 1 aliphatic rings. The molecule has 6 heteroatoms. The van der Waals surface area contributed by atoms with Gasteiger partial charge in [-0.15, -0.1) is 0 Å². The second-order valence-electron chi connectivity index (χ2n) is 5.08. The summed E-state index contributed by atoms with van der Waals surface area (Å²) in [6, 6.07) is 7.94. The van der Waals surface area contributed by atoms with Crippen molar-refractivity contribution in [3.63, 3.8) is 0 Å². The minimum atomic E-state index is -0.833. The number of para-hydroxylation sites is 1. The summed E-state index contributed by atoms with van der Waals surface area (Å²) >= 11 is 0. The molecular formula is C16H23NO5. The number of oxime groups is 1. The van der Waals surface area contributed by atoms with Crippen molar-refractivity contribution in [1.29, 1.82) is 0 Å². The summed E-state index contributed by atoms with van der Waals surface area (Å²) in [6.07, 6.45) is 3.12. The van der Waals surface area contributed by atoms with Crippen LogP contribution >= 0.6 is 0 Å². The number of aliphatic carboxylic acids is 1. The number of carbonyl (C=O) groups is 1. The molecule has 0 saturated heterocycles. The SMILES string of the molecule is CC(=O)O.COc1ccccc1C1(OC)CCC(=NO)CC1. The molecule has 2 rings (SSSR count). The molecule has 0 amide bonds. The van der Waals surface area contributed by atoms with Crippen LogP contribution in [0, 0.1) is 0 Å². The number of ether oxygens (including phenoxy) is 2. The first-order valence-electron chi connectivity index (χ1n) is 7.07. The molecule has 1 aliphatic carbocycles. The van der Waals surface area contributed by atoms with Gasteiger partial charge >= 0.3 is 0 Å². The zero-order valence-electron chi connectivity index (χ0n) is 13.2. The molecule has 1 saturated carbocycles. The van der Waals surface area contributed by atoms with E-state index in [1.54, 1.807) is 14.2 Å². The molecule has 0 aliphatic heterocycles. The van der Waals surface area contributed by atoms with Crippen molar-refractivity contribution in [2.45, 2.75) is 38.2 Å². The van der Waals surface area contributed by atoms with E-state index in [2.05, 4.69) is 5.16 Å². The smallest absolute Gasteiger partial charge is 0.300 e. The first-order valence-corrected chi connectivity index (χ1v) is 7.07. The molecular weight excluding hydrogens is 286 g/mol. The van der Waals surface area contributed by atoms with Crippen molar-refractivity contribution in [3.05, 3.63) is 29.8 Å². The van der Waals surface area contributed by atoms with E-state index in [1.807, 2.05) is 24.3 Å². The normalized spacial score (nSPS) is 20.6. The third kappa shape index (κ3) is 4.46. The number of carboxylic acids is 1. The highest BCUT2D eigenvalue weighted by atomic mass is 16.5. The Morgan fingerprint density at radius 2 is 1.77 bits per heavy atom. The quantitative estimate of drug-likeness (QED) is 0.662. The lowest BCUT2D eigenvalue weighted by atomic mass is 9.78. The Hall–Kier alpha value is -2.08. The van der Waals surface area contributed by atoms with Gasteiger partial charge in [-0.1, -0.05) is 23.4 Å². The second-order valence-corrected chi connectivity index (χ2v) is 5.08. The fraction of sp³-hybridized carbons (Fsp3) is 0.500. The third-order valence-electron chi connectivity index (χ3n) is 3.76. The van der Waals surface area contributed by atoms with Crippen LogP contribution in [-0.4, -0.2) is 36.2 Å². The highest BCUT2D eigenvalue weighted by Gasteiger charge is 2.37. The van der Waals surface area contributed by atoms with Gasteiger partial charge in [-0.25, -0.2) is 0 Å². The van der Waals surface area contributed by atoms with Crippen molar-refractivity contribution < 1.29 is 24.6 Å². The molecule has 122 valence electrons. The average Bonchev–Trinajstić information content (AvgIpc) is 2.54. The average molecular weight is 309 g/mol. The first-order chi connectivity index (χ1) is 10.5. The van der Waals surface area contributed by atoms with E-state index in [1.165, 1.54) is 0 Å². The van der Waals surface area contributed by atoms with Crippen LogP contribution in [0.1, 0.15) is 38.2 Å². The van der Waals surface area contributed by atoms with Crippen LogP contribution in [0.25, 0.3) is 0 Å². The lowest BCUT2D eigenvalue weighted by Crippen LogP contribution is -2.34. The lowest BCUT2D eigenvalue weighted by molar-refractivity contribution is -0.134. The Labute approximate surface area is 130 Å². The molecule has 0 radical (unpaired) electrons. The van der Waals surface area contributed by atoms with Gasteiger partial charge in [0.05, 0.1) is 18.4 Å². The zero-order valence-corrected chi connectivity index (χ0v) is 13.2. The van der Waals surface area contributed by atoms with Gasteiger partial charge in [-0.05, 0) is 31.7 Å². The highest BCUT2D eigenvalue weighted by Crippen LogP contribution is 2.42. The van der Waals surface area contributed by atoms with E-state index < -0.39 is 5.97 Å². The van der Waals surface area contributed by atoms with E-state index in [0.717, 1.165) is 49.6 Å². The van der Waals surface area contributed by atoms with Gasteiger partial charge in [-0.3, -0.25) is 4.79 Å². The zero-order chi connectivity index (χ0) is 16.6. The van der Waals surface area contributed by atoms with E-state index in [-0.39, 0.29) is 5.60 Å². The Balaban J connectivity index is 0.000000541. The summed E-state index contributed by atoms with van der Waals surface area (Å²) in [5.41, 5.74) is 1.59. The van der Waals surface area contributed by atoms with Crippen LogP contribution < -0.4 is 4.74 Å². The van der Waals surface area contributed by atoms with Crippen molar-refractivity contribution >= 4 is 11.7 Å². The Bertz CT molecular complexity index is 513. The number of carboxylic acid groups (broad SMARTS) is 1. The van der Waals surface area contributed by atoms with Crippen LogP contribution in [0.2, 0.25) is 0 Å². The molecule has 0 spiro atoms. The number of nitrogens with zero attached hydrogens (tertiary/aromatic N) is 1. The molecule has 0 heterocycles. The molecule has 0 aromatic heterocycles. The standard InChI is InChI=1S/C14H19NO3.C2H4O2/c1-17-13-6-4-3-5-12(13)14(18-2)9-7-11(15-16)8-10-14;1-2(3)4/h3-6,16H,7-10H2,1-2H3;1H3,(H,3,4). The minimum Gasteiger partial charge on any atom is -0.496 e. The first kappa shape index (κ1) is 18.0. The van der Waals surface area contributed by atoms with Gasteiger partial charge < -0.3 is 19.8 Å². The minimum absolute atomic E-state index is 0.333. The molecule has 0 atom stereocenters. The van der Waals surface area contributed by atoms with Gasteiger partial charge in [-0.2, -0.15) is 0 Å². The monoisotopic (exact) mass is 309 g/mol. The van der Waals surface area contributed by atoms with E-state index >= 15 is 0 Å². The van der Waals surface area contributed by atoms with E-state index in [9.17, 15) is 0 Å². The summed E-state index contributed by atoms with van der Waals surface area (Å²) in [4.78, 5) is 9.00. The van der Waals surface area contributed by atoms with Gasteiger partial charge in [0.1, 0.15) is 5.75 Å². The maximum Gasteiger partial charge on any atom is 0.300 e. The van der Waals surface area contributed by atoms with Gasteiger partial charge in [0.15, 0.2) is 0 Å². The molecule has 1 aromatic carbocycles. The fourth-order valence-electron chi connectivity index (χ4n) is 2.65. The van der Waals surface area contributed by atoms with Crippen molar-refractivity contribution in [1.82, 2.24) is 0 Å². The lowest BCUT2D eigenvalue weighted by Gasteiger charge is -2.37. The van der Waals surface area contributed by atoms with Crippen molar-refractivity contribution in [2.75, 3.05) is 14.2 Å². The van der Waals surface area contributed by atoms with Crippen LogP contribution in [0.15, 0.2) is 29.4 Å². The number of hydrogen-bond acceptors (Lipinski definition) is 5. The molecule has 0 unspecified atom stereocenters. The van der Waals surface area contributed by atoms with Crippen LogP contribution in [0.5, 0.6) is 5.75 Å². The van der Waals surface area contributed by atoms with Crippen molar-refractivity contribution in [2.24, 2.45) is 5.16 Å². The van der Waals surface area contributed by atoms with E-state index in [0.29, 0.717) is 0 Å². The third-order valence-corrected chi connectivity index (χ3v) is 3.76. The topological polar surface area (TPSA) is 88.4 Å². The fourth-order valence-corrected chi connectivity index (χ4v) is 2.65. The molecule has 22 heavy (non-hydrogen) atoms. The maximum absolute atomic E-state index is 9.00. The van der Waals surface area contributed by atoms with Crippen LogP contribution in [0.3, 0.4) is 0 Å². The van der Waals surface area contributed by atoms with E-state index in [4.69, 9.17) is 24.6 Å². The summed E-state index contributed by atoms with van der Waals surface area (Å²) in [6.45, 7) is 1.08. The largest absolute Gasteiger partial charge is 0.496 e. The number of hydrogen-bond donors (Lipinski definition) is 2. The van der Waals surface area contributed by atoms with Crippen molar-refractivity contribution in [3.8, 4) is 5.75 Å².